The predicted molar refractivity (Wildman–Crippen MR) is 125 cm³/mol. The van der Waals surface area contributed by atoms with Crippen LogP contribution in [0.5, 0.6) is 0 Å². The Balaban J connectivity index is 1.57. The molecule has 0 unspecified atom stereocenters. The molecule has 2 heterocycles. The average molecular weight is 441 g/mol. The summed E-state index contributed by atoms with van der Waals surface area (Å²) in [4.78, 5) is 19.2. The Morgan fingerprint density at radius 1 is 1.19 bits per heavy atom. The van der Waals surface area contributed by atoms with Crippen molar-refractivity contribution in [1.29, 1.82) is 0 Å². The maximum atomic E-state index is 12.5. The highest BCUT2D eigenvalue weighted by Gasteiger charge is 2.28. The molecular formula is C24H29ClN4O2. The number of halogens is 1. The monoisotopic (exact) mass is 440 g/mol. The van der Waals surface area contributed by atoms with E-state index in [0.29, 0.717) is 19.6 Å². The SMILES string of the molecule is CC(C)(C)OC(=O)N1CCC[C@H](Nc2nc3ccccc3n2Cc2ccccc2Cl)C1. The standard InChI is InChI=1S/C24H29ClN4O2/c1-24(2,3)31-23(30)28-14-8-10-18(16-28)26-22-27-20-12-6-7-13-21(20)29(22)15-17-9-4-5-11-19(17)25/h4-7,9,11-13,18H,8,10,14-16H2,1-3H3,(H,26,27)/t18-/m0/s1. The zero-order valence-electron chi connectivity index (χ0n) is 18.3. The fourth-order valence-electron chi connectivity index (χ4n) is 3.91. The number of anilines is 1. The third-order valence-corrected chi connectivity index (χ3v) is 5.72. The fraction of sp³-hybridized carbons (Fsp3) is 0.417. The molecule has 1 fully saturated rings. The zero-order chi connectivity index (χ0) is 22.0. The summed E-state index contributed by atoms with van der Waals surface area (Å²) >= 11 is 6.43. The van der Waals surface area contributed by atoms with Crippen molar-refractivity contribution >= 4 is 34.7 Å². The third kappa shape index (κ3) is 5.13. The van der Waals surface area contributed by atoms with Gasteiger partial charge in [-0.05, 0) is 57.4 Å². The maximum Gasteiger partial charge on any atom is 0.410 e. The van der Waals surface area contributed by atoms with Gasteiger partial charge in [-0.15, -0.1) is 0 Å². The highest BCUT2D eigenvalue weighted by atomic mass is 35.5. The maximum absolute atomic E-state index is 12.5. The van der Waals surface area contributed by atoms with E-state index in [4.69, 9.17) is 21.3 Å². The van der Waals surface area contributed by atoms with Crippen molar-refractivity contribution in [3.63, 3.8) is 0 Å². The Morgan fingerprint density at radius 3 is 2.71 bits per heavy atom. The molecule has 1 amide bonds. The molecule has 1 aliphatic heterocycles. The molecule has 0 spiro atoms. The first kappa shape index (κ1) is 21.5. The van der Waals surface area contributed by atoms with Gasteiger partial charge in [0, 0.05) is 24.2 Å². The molecule has 2 aromatic carbocycles. The molecule has 0 saturated carbocycles. The van der Waals surface area contributed by atoms with Crippen LogP contribution in [0.1, 0.15) is 39.2 Å². The largest absolute Gasteiger partial charge is 0.444 e. The number of fused-ring (bicyclic) bond motifs is 1. The minimum absolute atomic E-state index is 0.100. The summed E-state index contributed by atoms with van der Waals surface area (Å²) in [6, 6.07) is 16.1. The second-order valence-corrected chi connectivity index (χ2v) is 9.42. The second-order valence-electron chi connectivity index (χ2n) is 9.01. The molecule has 4 rings (SSSR count). The van der Waals surface area contributed by atoms with Crippen LogP contribution >= 0.6 is 11.6 Å². The van der Waals surface area contributed by atoms with Gasteiger partial charge in [0.05, 0.1) is 17.6 Å². The number of nitrogens with zero attached hydrogens (tertiary/aromatic N) is 3. The first-order valence-electron chi connectivity index (χ1n) is 10.7. The summed E-state index contributed by atoms with van der Waals surface area (Å²) in [7, 11) is 0. The fourth-order valence-corrected chi connectivity index (χ4v) is 4.11. The summed E-state index contributed by atoms with van der Waals surface area (Å²) in [6.07, 6.45) is 1.62. The lowest BCUT2D eigenvalue weighted by Gasteiger charge is -2.34. The number of hydrogen-bond acceptors (Lipinski definition) is 4. The molecular weight excluding hydrogens is 412 g/mol. The molecule has 1 N–H and O–H groups in total. The number of likely N-dealkylation sites (tertiary alicyclic amines) is 1. The van der Waals surface area contributed by atoms with Crippen LogP contribution in [0.4, 0.5) is 10.7 Å². The molecule has 3 aromatic rings. The minimum atomic E-state index is -0.500. The van der Waals surface area contributed by atoms with E-state index in [-0.39, 0.29) is 12.1 Å². The Morgan fingerprint density at radius 2 is 1.94 bits per heavy atom. The van der Waals surface area contributed by atoms with E-state index in [1.165, 1.54) is 0 Å². The van der Waals surface area contributed by atoms with Gasteiger partial charge in [-0.2, -0.15) is 0 Å². The van der Waals surface area contributed by atoms with Gasteiger partial charge in [0.1, 0.15) is 5.60 Å². The molecule has 6 nitrogen and oxygen atoms in total. The van der Waals surface area contributed by atoms with Crippen LogP contribution in [0.15, 0.2) is 48.5 Å². The van der Waals surface area contributed by atoms with Crippen LogP contribution in [0.2, 0.25) is 5.02 Å². The van der Waals surface area contributed by atoms with E-state index in [9.17, 15) is 4.79 Å². The van der Waals surface area contributed by atoms with Gasteiger partial charge in [-0.25, -0.2) is 9.78 Å². The van der Waals surface area contributed by atoms with E-state index in [1.54, 1.807) is 4.90 Å². The smallest absolute Gasteiger partial charge is 0.410 e. The van der Waals surface area contributed by atoms with E-state index in [2.05, 4.69) is 16.0 Å². The minimum Gasteiger partial charge on any atom is -0.444 e. The lowest BCUT2D eigenvalue weighted by atomic mass is 10.1. The number of amides is 1. The Labute approximate surface area is 188 Å². The number of hydrogen-bond donors (Lipinski definition) is 1. The number of imidazole rings is 1. The van der Waals surface area contributed by atoms with E-state index < -0.39 is 5.60 Å². The van der Waals surface area contributed by atoms with Crippen molar-refractivity contribution < 1.29 is 9.53 Å². The van der Waals surface area contributed by atoms with Crippen molar-refractivity contribution in [1.82, 2.24) is 14.5 Å². The van der Waals surface area contributed by atoms with Crippen LogP contribution in [0, 0.1) is 0 Å². The lowest BCUT2D eigenvalue weighted by Crippen LogP contribution is -2.47. The Hall–Kier alpha value is -2.73. The van der Waals surface area contributed by atoms with Crippen LogP contribution < -0.4 is 5.32 Å². The number of rotatable bonds is 4. The number of piperidine rings is 1. The predicted octanol–water partition coefficient (Wildman–Crippen LogP) is 5.55. The number of nitrogens with one attached hydrogen (secondary N) is 1. The molecule has 1 aromatic heterocycles. The first-order valence-corrected chi connectivity index (χ1v) is 11.1. The molecule has 1 aliphatic rings. The van der Waals surface area contributed by atoms with Crippen molar-refractivity contribution in [2.45, 2.75) is 51.8 Å². The van der Waals surface area contributed by atoms with Gasteiger partial charge >= 0.3 is 6.09 Å². The van der Waals surface area contributed by atoms with Gasteiger partial charge in [0.15, 0.2) is 0 Å². The lowest BCUT2D eigenvalue weighted by molar-refractivity contribution is 0.0206. The summed E-state index contributed by atoms with van der Waals surface area (Å²) in [5, 5.41) is 4.32. The summed E-state index contributed by atoms with van der Waals surface area (Å²) < 4.78 is 7.72. The van der Waals surface area contributed by atoms with Gasteiger partial charge in [-0.3, -0.25) is 0 Å². The van der Waals surface area contributed by atoms with Gasteiger partial charge in [-0.1, -0.05) is 41.9 Å². The van der Waals surface area contributed by atoms with Crippen LogP contribution in [-0.2, 0) is 11.3 Å². The number of carbonyl (C=O) groups is 1. The molecule has 0 bridgehead atoms. The number of aromatic nitrogens is 2. The number of carbonyl (C=O) groups excluding carboxylic acids is 1. The highest BCUT2D eigenvalue weighted by molar-refractivity contribution is 6.31. The van der Waals surface area contributed by atoms with Crippen molar-refractivity contribution in [2.24, 2.45) is 0 Å². The number of benzene rings is 2. The van der Waals surface area contributed by atoms with Crippen LogP contribution in [0.25, 0.3) is 11.0 Å². The van der Waals surface area contributed by atoms with Gasteiger partial charge in [0.2, 0.25) is 5.95 Å². The molecule has 7 heteroatoms. The molecule has 0 radical (unpaired) electrons. The Kier molecular flexibility index (Phi) is 6.10. The van der Waals surface area contributed by atoms with Gasteiger partial charge in [0.25, 0.3) is 0 Å². The second kappa shape index (κ2) is 8.79. The quantitative estimate of drug-likeness (QED) is 0.577. The molecule has 1 atom stereocenters. The summed E-state index contributed by atoms with van der Waals surface area (Å²) in [6.45, 7) is 7.59. The molecule has 1 saturated heterocycles. The van der Waals surface area contributed by atoms with Gasteiger partial charge < -0.3 is 19.5 Å². The number of para-hydroxylation sites is 2. The van der Waals surface area contributed by atoms with Crippen molar-refractivity contribution in [3.8, 4) is 0 Å². The molecule has 0 aliphatic carbocycles. The van der Waals surface area contributed by atoms with Crippen LogP contribution in [0.3, 0.4) is 0 Å². The van der Waals surface area contributed by atoms with E-state index in [0.717, 1.165) is 40.4 Å². The number of ether oxygens (including phenoxy) is 1. The van der Waals surface area contributed by atoms with E-state index in [1.807, 2.05) is 63.2 Å². The van der Waals surface area contributed by atoms with Crippen LogP contribution in [-0.4, -0.2) is 45.3 Å². The topological polar surface area (TPSA) is 59.4 Å². The van der Waals surface area contributed by atoms with Crippen molar-refractivity contribution in [2.75, 3.05) is 18.4 Å². The van der Waals surface area contributed by atoms with E-state index >= 15 is 0 Å². The average Bonchev–Trinajstić information content (AvgIpc) is 3.06. The Bertz CT molecular complexity index is 1070. The third-order valence-electron chi connectivity index (χ3n) is 5.35. The molecule has 164 valence electrons. The summed E-state index contributed by atoms with van der Waals surface area (Å²) in [5.74, 6) is 0.789. The molecule has 31 heavy (non-hydrogen) atoms. The summed E-state index contributed by atoms with van der Waals surface area (Å²) in [5.41, 5.74) is 2.51. The highest BCUT2D eigenvalue weighted by Crippen LogP contribution is 2.26. The zero-order valence-corrected chi connectivity index (χ0v) is 19.0. The normalized spacial score (nSPS) is 17.0. The first-order chi connectivity index (χ1) is 14.8. The van der Waals surface area contributed by atoms with Crippen molar-refractivity contribution in [3.05, 3.63) is 59.1 Å².